The minimum absolute atomic E-state index is 0.376. The fourth-order valence-corrected chi connectivity index (χ4v) is 1.85. The molecule has 0 aliphatic rings. The first-order valence-electron chi connectivity index (χ1n) is 4.51. The molecule has 0 unspecified atom stereocenters. The Morgan fingerprint density at radius 2 is 2.06 bits per heavy atom. The number of aromatic nitrogens is 4. The molecule has 0 amide bonds. The highest BCUT2D eigenvalue weighted by molar-refractivity contribution is 9.10. The zero-order valence-corrected chi connectivity index (χ0v) is 11.0. The Morgan fingerprint density at radius 1 is 1.38 bits per heavy atom. The third kappa shape index (κ3) is 1.90. The highest BCUT2D eigenvalue weighted by Gasteiger charge is 2.13. The summed E-state index contributed by atoms with van der Waals surface area (Å²) >= 11 is 9.30. The molecule has 2 aromatic heterocycles. The number of nitrogens with two attached hydrogens (primary N) is 1. The molecule has 2 rings (SSSR count). The number of aryl methyl sites for hydroxylation is 1. The van der Waals surface area contributed by atoms with Gasteiger partial charge in [-0.1, -0.05) is 11.6 Å². The summed E-state index contributed by atoms with van der Waals surface area (Å²) < 4.78 is 2.18. The van der Waals surface area contributed by atoms with Crippen molar-refractivity contribution in [2.75, 3.05) is 5.73 Å². The molecule has 0 atom stereocenters. The Bertz CT molecular complexity index is 531. The molecular weight excluding hydrogens is 293 g/mol. The molecule has 2 N–H and O–H groups in total. The zero-order chi connectivity index (χ0) is 11.9. The molecule has 5 nitrogen and oxygen atoms in total. The van der Waals surface area contributed by atoms with Gasteiger partial charge < -0.3 is 5.73 Å². The van der Waals surface area contributed by atoms with Crippen molar-refractivity contribution >= 4 is 33.3 Å². The smallest absolute Gasteiger partial charge is 0.253 e. The van der Waals surface area contributed by atoms with Gasteiger partial charge in [0.2, 0.25) is 0 Å². The number of rotatable bonds is 1. The quantitative estimate of drug-likeness (QED) is 0.821. The maximum Gasteiger partial charge on any atom is 0.253 e. The van der Waals surface area contributed by atoms with Crippen LogP contribution in [0.3, 0.4) is 0 Å². The van der Waals surface area contributed by atoms with E-state index in [1.165, 1.54) is 0 Å². The molecule has 0 saturated heterocycles. The van der Waals surface area contributed by atoms with E-state index in [0.29, 0.717) is 21.4 Å². The third-order valence-corrected chi connectivity index (χ3v) is 3.05. The van der Waals surface area contributed by atoms with Crippen LogP contribution in [0.4, 0.5) is 5.82 Å². The molecule has 2 heterocycles. The number of halogens is 2. The molecule has 16 heavy (non-hydrogen) atoms. The van der Waals surface area contributed by atoms with Crippen LogP contribution in [-0.4, -0.2) is 19.7 Å². The second-order valence-corrected chi connectivity index (χ2v) is 4.50. The van der Waals surface area contributed by atoms with Gasteiger partial charge in [0.1, 0.15) is 10.4 Å². The molecule has 0 spiro atoms. The Kier molecular flexibility index (Phi) is 2.86. The van der Waals surface area contributed by atoms with Gasteiger partial charge in [0.15, 0.2) is 0 Å². The number of nitrogens with zero attached hydrogens (tertiary/aromatic N) is 4. The predicted molar refractivity (Wildman–Crippen MR) is 65.8 cm³/mol. The van der Waals surface area contributed by atoms with E-state index in [-0.39, 0.29) is 0 Å². The molecule has 7 heteroatoms. The van der Waals surface area contributed by atoms with Crippen LogP contribution < -0.4 is 5.73 Å². The number of hydrogen-bond acceptors (Lipinski definition) is 4. The number of anilines is 1. The standard InChI is InChI=1S/C9H9BrClN5/c1-4-8(11)5(2)16(15-4)9-13-6(10)3-7(12)14-9/h3H,1-2H3,(H2,12,13,14). The lowest BCUT2D eigenvalue weighted by Crippen LogP contribution is -2.07. The lowest BCUT2D eigenvalue weighted by atomic mass is 10.4. The second kappa shape index (κ2) is 4.03. The van der Waals surface area contributed by atoms with E-state index in [9.17, 15) is 0 Å². The summed E-state index contributed by atoms with van der Waals surface area (Å²) in [6.07, 6.45) is 0. The van der Waals surface area contributed by atoms with Crippen molar-refractivity contribution in [3.05, 3.63) is 27.1 Å². The first-order valence-corrected chi connectivity index (χ1v) is 5.68. The van der Waals surface area contributed by atoms with Gasteiger partial charge in [-0.2, -0.15) is 10.1 Å². The van der Waals surface area contributed by atoms with Gasteiger partial charge in [0.25, 0.3) is 5.95 Å². The SMILES string of the molecule is Cc1nn(-c2nc(N)cc(Br)n2)c(C)c1Cl. The van der Waals surface area contributed by atoms with Crippen LogP contribution in [0, 0.1) is 13.8 Å². The van der Waals surface area contributed by atoms with Gasteiger partial charge in [0, 0.05) is 6.07 Å². The van der Waals surface area contributed by atoms with Gasteiger partial charge in [-0.05, 0) is 29.8 Å². The van der Waals surface area contributed by atoms with Crippen LogP contribution >= 0.6 is 27.5 Å². The molecule has 0 fully saturated rings. The molecule has 0 saturated carbocycles. The summed E-state index contributed by atoms with van der Waals surface area (Å²) in [6.45, 7) is 3.68. The number of hydrogen-bond donors (Lipinski definition) is 1. The van der Waals surface area contributed by atoms with Crippen LogP contribution in [0.5, 0.6) is 0 Å². The van der Waals surface area contributed by atoms with Gasteiger partial charge in [-0.3, -0.25) is 0 Å². The maximum absolute atomic E-state index is 6.05. The Balaban J connectivity index is 2.62. The molecule has 84 valence electrons. The third-order valence-electron chi connectivity index (χ3n) is 2.10. The molecule has 0 bridgehead atoms. The van der Waals surface area contributed by atoms with Crippen molar-refractivity contribution in [2.24, 2.45) is 0 Å². The minimum atomic E-state index is 0.376. The normalized spacial score (nSPS) is 10.8. The zero-order valence-electron chi connectivity index (χ0n) is 8.70. The van der Waals surface area contributed by atoms with Gasteiger partial charge in [-0.25, -0.2) is 9.67 Å². The molecular formula is C9H9BrClN5. The highest BCUT2D eigenvalue weighted by Crippen LogP contribution is 2.21. The van der Waals surface area contributed by atoms with E-state index in [1.54, 1.807) is 10.7 Å². The van der Waals surface area contributed by atoms with Crippen LogP contribution in [-0.2, 0) is 0 Å². The van der Waals surface area contributed by atoms with Gasteiger partial charge in [0.05, 0.1) is 16.4 Å². The van der Waals surface area contributed by atoms with E-state index in [4.69, 9.17) is 17.3 Å². The van der Waals surface area contributed by atoms with Crippen molar-refractivity contribution in [1.29, 1.82) is 0 Å². The van der Waals surface area contributed by atoms with Crippen molar-refractivity contribution < 1.29 is 0 Å². The fraction of sp³-hybridized carbons (Fsp3) is 0.222. The highest BCUT2D eigenvalue weighted by atomic mass is 79.9. The summed E-state index contributed by atoms with van der Waals surface area (Å²) in [6, 6.07) is 1.62. The van der Waals surface area contributed by atoms with Crippen molar-refractivity contribution in [3.8, 4) is 5.95 Å². The monoisotopic (exact) mass is 301 g/mol. The van der Waals surface area contributed by atoms with Crippen molar-refractivity contribution in [1.82, 2.24) is 19.7 Å². The summed E-state index contributed by atoms with van der Waals surface area (Å²) in [5.41, 5.74) is 7.16. The molecule has 0 aliphatic carbocycles. The van der Waals surface area contributed by atoms with E-state index in [0.717, 1.165) is 11.4 Å². The fourth-order valence-electron chi connectivity index (χ4n) is 1.34. The van der Waals surface area contributed by atoms with Crippen LogP contribution in [0.15, 0.2) is 10.7 Å². The Hall–Kier alpha value is -1.14. The largest absolute Gasteiger partial charge is 0.383 e. The minimum Gasteiger partial charge on any atom is -0.383 e. The summed E-state index contributed by atoms with van der Waals surface area (Å²) in [5.74, 6) is 0.778. The average molecular weight is 303 g/mol. The molecule has 0 radical (unpaired) electrons. The van der Waals surface area contributed by atoms with Crippen molar-refractivity contribution in [3.63, 3.8) is 0 Å². The van der Waals surface area contributed by atoms with Gasteiger partial charge >= 0.3 is 0 Å². The number of nitrogen functional groups attached to an aromatic ring is 1. The summed E-state index contributed by atoms with van der Waals surface area (Å²) in [4.78, 5) is 8.28. The van der Waals surface area contributed by atoms with E-state index < -0.39 is 0 Å². The van der Waals surface area contributed by atoms with E-state index >= 15 is 0 Å². The first-order chi connectivity index (χ1) is 7.49. The van der Waals surface area contributed by atoms with Crippen LogP contribution in [0.1, 0.15) is 11.4 Å². The predicted octanol–water partition coefficient (Wildman–Crippen LogP) is 2.28. The molecule has 0 aliphatic heterocycles. The molecule has 2 aromatic rings. The molecule has 0 aromatic carbocycles. The summed E-state index contributed by atoms with van der Waals surface area (Å²) in [5, 5.41) is 4.86. The van der Waals surface area contributed by atoms with Crippen molar-refractivity contribution in [2.45, 2.75) is 13.8 Å². The van der Waals surface area contributed by atoms with Gasteiger partial charge in [-0.15, -0.1) is 0 Å². The van der Waals surface area contributed by atoms with Crippen LogP contribution in [0.2, 0.25) is 5.02 Å². The topological polar surface area (TPSA) is 69.6 Å². The lowest BCUT2D eigenvalue weighted by molar-refractivity contribution is 0.772. The Morgan fingerprint density at radius 3 is 2.56 bits per heavy atom. The maximum atomic E-state index is 6.05. The summed E-state index contributed by atoms with van der Waals surface area (Å²) in [7, 11) is 0. The van der Waals surface area contributed by atoms with E-state index in [1.807, 2.05) is 13.8 Å². The average Bonchev–Trinajstić information content (AvgIpc) is 2.44. The first kappa shape index (κ1) is 11.3. The van der Waals surface area contributed by atoms with E-state index in [2.05, 4.69) is 31.0 Å². The lowest BCUT2D eigenvalue weighted by Gasteiger charge is -2.03. The Labute approximate surface area is 106 Å². The van der Waals surface area contributed by atoms with Crippen LogP contribution in [0.25, 0.3) is 5.95 Å². The second-order valence-electron chi connectivity index (χ2n) is 3.31.